The van der Waals surface area contributed by atoms with Gasteiger partial charge < -0.3 is 20.5 Å². The van der Waals surface area contributed by atoms with E-state index in [2.05, 4.69) is 10.5 Å². The molecule has 0 unspecified atom stereocenters. The molecule has 10 heteroatoms. The van der Waals surface area contributed by atoms with Crippen LogP contribution in [0.4, 0.5) is 11.5 Å². The van der Waals surface area contributed by atoms with Crippen molar-refractivity contribution < 1.29 is 9.32 Å². The van der Waals surface area contributed by atoms with Gasteiger partial charge in [-0.1, -0.05) is 5.16 Å². The molecule has 0 saturated carbocycles. The van der Waals surface area contributed by atoms with E-state index in [4.69, 9.17) is 10.3 Å². The minimum absolute atomic E-state index is 0.0189. The van der Waals surface area contributed by atoms with Gasteiger partial charge in [0.05, 0.1) is 13.2 Å². The summed E-state index contributed by atoms with van der Waals surface area (Å²) in [6.07, 6.45) is 0. The van der Waals surface area contributed by atoms with Gasteiger partial charge in [-0.3, -0.25) is 18.7 Å². The number of nitrogens with one attached hydrogen (secondary N) is 1. The van der Waals surface area contributed by atoms with Crippen LogP contribution in [0.25, 0.3) is 0 Å². The molecule has 1 aliphatic rings. The molecule has 3 heterocycles. The van der Waals surface area contributed by atoms with E-state index in [1.165, 1.54) is 4.57 Å². The van der Waals surface area contributed by atoms with Crippen LogP contribution in [0.1, 0.15) is 18.4 Å². The van der Waals surface area contributed by atoms with Gasteiger partial charge >= 0.3 is 5.69 Å². The van der Waals surface area contributed by atoms with Gasteiger partial charge in [-0.05, 0) is 13.8 Å². The Morgan fingerprint density at radius 2 is 2.21 bits per heavy atom. The van der Waals surface area contributed by atoms with E-state index in [0.29, 0.717) is 17.3 Å². The predicted octanol–water partition coefficient (Wildman–Crippen LogP) is -1.05. The zero-order chi connectivity index (χ0) is 17.6. The maximum Gasteiger partial charge on any atom is 0.332 e. The summed E-state index contributed by atoms with van der Waals surface area (Å²) in [5, 5.41) is 6.78. The Bertz CT molecular complexity index is 924. The van der Waals surface area contributed by atoms with Crippen molar-refractivity contribution in [2.75, 3.05) is 16.9 Å². The number of nitrogens with two attached hydrogens (primary N) is 1. The van der Waals surface area contributed by atoms with Crippen molar-refractivity contribution in [3.05, 3.63) is 38.4 Å². The number of fused-ring (bicyclic) bond motifs is 1. The summed E-state index contributed by atoms with van der Waals surface area (Å²) in [6.45, 7) is 3.53. The molecule has 0 radical (unpaired) electrons. The monoisotopic (exact) mass is 334 g/mol. The maximum atomic E-state index is 12.8. The number of amides is 1. The first-order chi connectivity index (χ1) is 11.3. The highest BCUT2D eigenvalue weighted by Crippen LogP contribution is 2.27. The zero-order valence-electron chi connectivity index (χ0n) is 13.6. The smallest absolute Gasteiger partial charge is 0.332 e. The van der Waals surface area contributed by atoms with Gasteiger partial charge in [0.2, 0.25) is 5.91 Å². The second-order valence-corrected chi connectivity index (χ2v) is 5.74. The highest BCUT2D eigenvalue weighted by atomic mass is 16.5. The van der Waals surface area contributed by atoms with Crippen molar-refractivity contribution in [2.45, 2.75) is 26.4 Å². The molecule has 128 valence electrons. The highest BCUT2D eigenvalue weighted by molar-refractivity contribution is 5.86. The first-order valence-corrected chi connectivity index (χ1v) is 7.37. The second kappa shape index (κ2) is 5.55. The van der Waals surface area contributed by atoms with Crippen LogP contribution >= 0.6 is 0 Å². The molecule has 1 aliphatic heterocycles. The van der Waals surface area contributed by atoms with Crippen molar-refractivity contribution in [2.24, 2.45) is 12.8 Å². The molecule has 2 aromatic rings. The SMILES string of the molecule is Cc1cc(Cn2c(=O)c3c(n(C)c2=O)NCN3[C@@H](C)C(N)=O)no1. The Morgan fingerprint density at radius 3 is 2.79 bits per heavy atom. The standard InChI is InChI=1S/C14H18N6O4/c1-7-4-9(17-24-7)5-19-13(22)10-12(18(3)14(19)23)16-6-20(10)8(2)11(15)21/h4,8,16H,5-6H2,1-3H3,(H2,15,21)/t8-/m0/s1. The van der Waals surface area contributed by atoms with Crippen molar-refractivity contribution >= 4 is 17.4 Å². The van der Waals surface area contributed by atoms with Crippen LogP contribution in [0.5, 0.6) is 0 Å². The lowest BCUT2D eigenvalue weighted by molar-refractivity contribution is -0.118. The van der Waals surface area contributed by atoms with Crippen LogP contribution in [0.2, 0.25) is 0 Å². The molecule has 10 nitrogen and oxygen atoms in total. The fraction of sp³-hybridized carbons (Fsp3) is 0.429. The summed E-state index contributed by atoms with van der Waals surface area (Å²) < 4.78 is 7.36. The fourth-order valence-electron chi connectivity index (χ4n) is 2.73. The van der Waals surface area contributed by atoms with Crippen LogP contribution in [-0.4, -0.2) is 32.9 Å². The van der Waals surface area contributed by atoms with E-state index in [-0.39, 0.29) is 18.9 Å². The third-order valence-corrected chi connectivity index (χ3v) is 4.11. The Morgan fingerprint density at radius 1 is 1.50 bits per heavy atom. The van der Waals surface area contributed by atoms with Crippen molar-refractivity contribution in [3.63, 3.8) is 0 Å². The van der Waals surface area contributed by atoms with E-state index in [9.17, 15) is 14.4 Å². The molecule has 2 aromatic heterocycles. The lowest BCUT2D eigenvalue weighted by atomic mass is 10.2. The van der Waals surface area contributed by atoms with Crippen LogP contribution in [-0.2, 0) is 18.4 Å². The number of anilines is 2. The van der Waals surface area contributed by atoms with Gasteiger partial charge in [0.15, 0.2) is 0 Å². The predicted molar refractivity (Wildman–Crippen MR) is 85.9 cm³/mol. The van der Waals surface area contributed by atoms with Gasteiger partial charge in [-0.25, -0.2) is 4.79 Å². The molecule has 0 aliphatic carbocycles. The topological polar surface area (TPSA) is 128 Å². The molecule has 0 aromatic carbocycles. The molecule has 24 heavy (non-hydrogen) atoms. The molecule has 3 N–H and O–H groups in total. The summed E-state index contributed by atoms with van der Waals surface area (Å²) in [6, 6.07) is 0.966. The van der Waals surface area contributed by atoms with Crippen LogP contribution in [0, 0.1) is 6.92 Å². The Labute approximate surface area is 136 Å². The molecule has 1 atom stereocenters. The third-order valence-electron chi connectivity index (χ3n) is 4.11. The summed E-state index contributed by atoms with van der Waals surface area (Å²) in [5.74, 6) is 0.393. The molecule has 0 fully saturated rings. The lowest BCUT2D eigenvalue weighted by Crippen LogP contribution is -2.46. The minimum Gasteiger partial charge on any atom is -0.368 e. The number of nitrogens with zero attached hydrogens (tertiary/aromatic N) is 4. The van der Waals surface area contributed by atoms with E-state index >= 15 is 0 Å². The van der Waals surface area contributed by atoms with E-state index in [1.54, 1.807) is 31.9 Å². The van der Waals surface area contributed by atoms with Crippen molar-refractivity contribution in [1.29, 1.82) is 0 Å². The molecule has 0 bridgehead atoms. The number of carbonyl (C=O) groups is 1. The van der Waals surface area contributed by atoms with E-state index in [1.807, 2.05) is 0 Å². The normalized spacial score (nSPS) is 14.4. The minimum atomic E-state index is -0.688. The Balaban J connectivity index is 2.14. The van der Waals surface area contributed by atoms with Crippen molar-refractivity contribution in [3.8, 4) is 0 Å². The molecule has 0 spiro atoms. The molecule has 1 amide bonds. The van der Waals surface area contributed by atoms with Crippen LogP contribution < -0.4 is 27.2 Å². The first kappa shape index (κ1) is 15.8. The van der Waals surface area contributed by atoms with Gasteiger partial charge in [-0.15, -0.1) is 0 Å². The summed E-state index contributed by atoms with van der Waals surface area (Å²) >= 11 is 0. The quantitative estimate of drug-likeness (QED) is 0.730. The summed E-state index contributed by atoms with van der Waals surface area (Å²) in [4.78, 5) is 38.4. The number of carbonyl (C=O) groups excluding carboxylic acids is 1. The number of hydrogen-bond donors (Lipinski definition) is 2. The fourth-order valence-corrected chi connectivity index (χ4v) is 2.73. The number of aryl methyl sites for hydroxylation is 1. The number of hydrogen-bond acceptors (Lipinski definition) is 7. The second-order valence-electron chi connectivity index (χ2n) is 5.74. The Hall–Kier alpha value is -3.04. The Kier molecular flexibility index (Phi) is 3.66. The van der Waals surface area contributed by atoms with Gasteiger partial charge in [-0.2, -0.15) is 0 Å². The van der Waals surface area contributed by atoms with Gasteiger partial charge in [0.1, 0.15) is 29.0 Å². The number of primary amides is 1. The first-order valence-electron chi connectivity index (χ1n) is 7.37. The average molecular weight is 334 g/mol. The van der Waals surface area contributed by atoms with Crippen molar-refractivity contribution in [1.82, 2.24) is 14.3 Å². The zero-order valence-corrected chi connectivity index (χ0v) is 13.6. The van der Waals surface area contributed by atoms with E-state index < -0.39 is 23.2 Å². The van der Waals surface area contributed by atoms with Crippen LogP contribution in [0.3, 0.4) is 0 Å². The highest BCUT2D eigenvalue weighted by Gasteiger charge is 2.32. The van der Waals surface area contributed by atoms with E-state index in [0.717, 1.165) is 4.57 Å². The number of aromatic nitrogens is 3. The average Bonchev–Trinajstić information content (AvgIpc) is 3.15. The molecular formula is C14H18N6O4. The van der Waals surface area contributed by atoms with Gasteiger partial charge in [0.25, 0.3) is 5.56 Å². The molecular weight excluding hydrogens is 316 g/mol. The summed E-state index contributed by atoms with van der Waals surface area (Å²) in [7, 11) is 1.55. The maximum absolute atomic E-state index is 12.8. The van der Waals surface area contributed by atoms with Gasteiger partial charge in [0, 0.05) is 13.1 Å². The largest absolute Gasteiger partial charge is 0.368 e. The molecule has 3 rings (SSSR count). The third kappa shape index (κ3) is 2.36. The van der Waals surface area contributed by atoms with Crippen LogP contribution in [0.15, 0.2) is 20.2 Å². The number of rotatable bonds is 4. The lowest BCUT2D eigenvalue weighted by Gasteiger charge is -2.23. The summed E-state index contributed by atoms with van der Waals surface area (Å²) in [5.41, 5.74) is 5.06. The molecule has 0 saturated heterocycles.